The second-order valence-corrected chi connectivity index (χ2v) is 27.4. The fourth-order valence-corrected chi connectivity index (χ4v) is 14.2. The molecule has 2 heterocycles. The second kappa shape index (κ2) is 27.6. The number of carbonyl (C=O) groups excluding carboxylic acids is 4. The Morgan fingerprint density at radius 3 is 1.11 bits per heavy atom. The molecule has 10 heteroatoms. The first-order valence-corrected chi connectivity index (χ1v) is 32.6. The molecule has 7 aromatic rings. The van der Waals surface area contributed by atoms with Crippen LogP contribution in [0.15, 0.2) is 158 Å². The van der Waals surface area contributed by atoms with E-state index in [-0.39, 0.29) is 58.4 Å². The summed E-state index contributed by atoms with van der Waals surface area (Å²) in [6.45, 7) is 13.0. The molecule has 0 spiro atoms. The molecule has 7 aromatic carbocycles. The van der Waals surface area contributed by atoms with Crippen molar-refractivity contribution in [2.45, 2.75) is 192 Å². The maximum Gasteiger partial charge on any atom is 0.339 e. The Balaban J connectivity index is 0.781. The number of esters is 2. The average Bonchev–Trinajstić information content (AvgIpc) is 1.12. The molecule has 2 atom stereocenters. The number of ether oxygens (including phenoxy) is 4. The van der Waals surface area contributed by atoms with Crippen molar-refractivity contribution >= 4 is 35.1 Å². The van der Waals surface area contributed by atoms with E-state index in [0.717, 1.165) is 143 Å². The molecule has 2 amide bonds. The minimum absolute atomic E-state index is 0.0797. The van der Waals surface area contributed by atoms with Crippen LogP contribution in [-0.2, 0) is 42.7 Å². The number of carbonyl (C=O) groups is 4. The molecule has 0 aromatic heterocycles. The van der Waals surface area contributed by atoms with Crippen LogP contribution in [0, 0.1) is 11.8 Å². The van der Waals surface area contributed by atoms with Crippen LogP contribution in [0.4, 0.5) is 11.4 Å². The van der Waals surface area contributed by atoms with E-state index in [1.54, 1.807) is 24.3 Å². The van der Waals surface area contributed by atoms with E-state index < -0.39 is 24.1 Å². The molecule has 88 heavy (non-hydrogen) atoms. The summed E-state index contributed by atoms with van der Waals surface area (Å²) in [6, 6.07) is 51.5. The van der Waals surface area contributed by atoms with Gasteiger partial charge in [-0.1, -0.05) is 215 Å². The van der Waals surface area contributed by atoms with Crippen molar-refractivity contribution in [3.05, 3.63) is 213 Å². The second-order valence-electron chi connectivity index (χ2n) is 27.4. The van der Waals surface area contributed by atoms with Gasteiger partial charge in [0.1, 0.15) is 35.2 Å². The number of nitrogens with one attached hydrogen (secondary N) is 2. The van der Waals surface area contributed by atoms with E-state index in [2.05, 4.69) is 88.6 Å². The maximum absolute atomic E-state index is 14.7. The van der Waals surface area contributed by atoms with Crippen LogP contribution < -0.4 is 20.1 Å². The van der Waals surface area contributed by atoms with Crippen LogP contribution >= 0.6 is 0 Å². The van der Waals surface area contributed by atoms with Gasteiger partial charge in [-0.2, -0.15) is 0 Å². The Kier molecular flexibility index (Phi) is 19.3. The molecule has 0 bridgehead atoms. The number of benzene rings is 7. The van der Waals surface area contributed by atoms with Gasteiger partial charge >= 0.3 is 11.9 Å². The summed E-state index contributed by atoms with van der Waals surface area (Å²) in [5.74, 6) is 2.40. The fourth-order valence-electron chi connectivity index (χ4n) is 14.2. The van der Waals surface area contributed by atoms with Crippen LogP contribution in [0.5, 0.6) is 23.0 Å². The summed E-state index contributed by atoms with van der Waals surface area (Å²) in [7, 11) is 0. The Hall–Kier alpha value is -7.98. The third kappa shape index (κ3) is 15.1. The van der Waals surface area contributed by atoms with Crippen LogP contribution in [-0.4, -0.2) is 36.0 Å². The third-order valence-electron chi connectivity index (χ3n) is 18.8. The molecular formula is C78H88N2O8. The molecule has 2 aliphatic carbocycles. The van der Waals surface area contributed by atoms with Gasteiger partial charge in [-0.25, -0.2) is 9.59 Å². The number of fused-ring (bicyclic) bond motifs is 4. The number of anilines is 2. The van der Waals surface area contributed by atoms with Crippen LogP contribution in [0.3, 0.4) is 0 Å². The molecule has 2 N–H and O–H groups in total. The summed E-state index contributed by atoms with van der Waals surface area (Å²) < 4.78 is 25.7. The Bertz CT molecular complexity index is 3290. The first-order chi connectivity index (χ1) is 42.5. The normalized spacial score (nSPS) is 16.1. The predicted octanol–water partition coefficient (Wildman–Crippen LogP) is 19.1. The zero-order valence-electron chi connectivity index (χ0n) is 52.5. The summed E-state index contributed by atoms with van der Waals surface area (Å²) >= 11 is 0. The van der Waals surface area contributed by atoms with Gasteiger partial charge in [-0.05, 0) is 132 Å². The Morgan fingerprint density at radius 2 is 0.773 bits per heavy atom. The zero-order valence-corrected chi connectivity index (χ0v) is 52.5. The van der Waals surface area contributed by atoms with Crippen LogP contribution in [0.25, 0.3) is 0 Å². The Morgan fingerprint density at radius 1 is 0.443 bits per heavy atom. The van der Waals surface area contributed by atoms with Gasteiger partial charge in [0, 0.05) is 58.3 Å². The highest BCUT2D eigenvalue weighted by molar-refractivity contribution is 6.03. The molecule has 4 aliphatic rings. The zero-order chi connectivity index (χ0) is 61.4. The molecule has 10 nitrogen and oxygen atoms in total. The van der Waals surface area contributed by atoms with Crippen molar-refractivity contribution in [2.75, 3.05) is 10.6 Å². The summed E-state index contributed by atoms with van der Waals surface area (Å²) in [5, 5.41) is 6.70. The molecule has 2 aliphatic heterocycles. The molecule has 2 saturated carbocycles. The third-order valence-corrected chi connectivity index (χ3v) is 18.8. The number of hydrogen-bond acceptors (Lipinski definition) is 8. The average molecular weight is 1180 g/mol. The first kappa shape index (κ1) is 61.7. The molecule has 2 fully saturated rings. The van der Waals surface area contributed by atoms with E-state index in [1.165, 1.54) is 12.8 Å². The highest BCUT2D eigenvalue weighted by Crippen LogP contribution is 2.48. The highest BCUT2D eigenvalue weighted by atomic mass is 16.6. The van der Waals surface area contributed by atoms with E-state index in [1.807, 2.05) is 97.1 Å². The lowest BCUT2D eigenvalue weighted by molar-refractivity contribution is -0.117. The largest absolute Gasteiger partial charge is 0.459 e. The van der Waals surface area contributed by atoms with Gasteiger partial charge in [0.05, 0.1) is 11.1 Å². The van der Waals surface area contributed by atoms with Gasteiger partial charge in [0.25, 0.3) is 0 Å². The summed E-state index contributed by atoms with van der Waals surface area (Å²) in [6.07, 6.45) is 15.0. The number of aryl methyl sites for hydroxylation is 2. The summed E-state index contributed by atoms with van der Waals surface area (Å²) in [4.78, 5) is 57.9. The number of hydrogen-bond donors (Lipinski definition) is 2. The SMILES string of the molecule is CC(C)(C)c1ccc(CC[C@@H](CC2CCCCC2)OC(=O)c2ccccc2C(=O)O[C@@H](CCc2ccc(C(C)(C)C)c(NC(=O)CC3c4ccccc4Oc4ccccc43)c2)CC2CCCCC2)cc1NC(=O)CC1c2ccccc2Oc2ccccc21. The van der Waals surface area contributed by atoms with E-state index in [0.29, 0.717) is 37.5 Å². The van der Waals surface area contributed by atoms with Gasteiger partial charge in [-0.3, -0.25) is 9.59 Å². The molecule has 0 unspecified atom stereocenters. The quantitative estimate of drug-likeness (QED) is 0.0722. The first-order valence-electron chi connectivity index (χ1n) is 32.6. The van der Waals surface area contributed by atoms with Gasteiger partial charge in [0.2, 0.25) is 11.8 Å². The van der Waals surface area contributed by atoms with Crippen molar-refractivity contribution < 1.29 is 38.1 Å². The van der Waals surface area contributed by atoms with Crippen molar-refractivity contribution in [1.29, 1.82) is 0 Å². The summed E-state index contributed by atoms with van der Waals surface area (Å²) in [5.41, 5.74) is 9.61. The number of rotatable bonds is 20. The smallest absolute Gasteiger partial charge is 0.339 e. The van der Waals surface area contributed by atoms with E-state index in [4.69, 9.17) is 18.9 Å². The fraction of sp³-hybridized carbons (Fsp3) is 0.410. The van der Waals surface area contributed by atoms with Crippen LogP contribution in [0.2, 0.25) is 0 Å². The molecular weight excluding hydrogens is 1090 g/mol. The van der Waals surface area contributed by atoms with Gasteiger partial charge in [-0.15, -0.1) is 0 Å². The monoisotopic (exact) mass is 1180 g/mol. The maximum atomic E-state index is 14.7. The van der Waals surface area contributed by atoms with Crippen molar-refractivity contribution in [3.63, 3.8) is 0 Å². The molecule has 11 rings (SSSR count). The standard InChI is InChI=1S/C78H88N2O8/c1-77(2,3)65-43-39-53(47-67(65)79-73(81)49-63-57-27-15-19-33-69(57)87-70-34-20-16-28-58(63)70)37-41-55(45-51-23-9-7-10-24-51)85-75(83)61-31-13-14-32-62(61)76(84)86-56(46-52-25-11-8-12-26-52)42-38-54-40-44-66(78(4,5)6)68(48-54)80-74(82)50-64-59-29-17-21-35-71(59)88-72-36-22-18-30-60(64)72/h13-22,27-36,39-40,43-44,47-48,51-52,55-56,63-64H,7-12,23-26,37-38,41-42,45-46,49-50H2,1-6H3,(H,79,81)(H,80,82)/t55-,56-/m0/s1. The highest BCUT2D eigenvalue weighted by Gasteiger charge is 2.33. The lowest BCUT2D eigenvalue weighted by atomic mass is 9.83. The van der Waals surface area contributed by atoms with E-state index in [9.17, 15) is 19.2 Å². The topological polar surface area (TPSA) is 129 Å². The van der Waals surface area contributed by atoms with Gasteiger partial charge in [0.15, 0.2) is 0 Å². The number of amides is 2. The molecule has 0 radical (unpaired) electrons. The predicted molar refractivity (Wildman–Crippen MR) is 350 cm³/mol. The Labute approximate surface area is 521 Å². The van der Waals surface area contributed by atoms with E-state index >= 15 is 0 Å². The van der Waals surface area contributed by atoms with Gasteiger partial charge < -0.3 is 29.6 Å². The minimum atomic E-state index is -0.525. The molecule has 0 saturated heterocycles. The van der Waals surface area contributed by atoms with Crippen molar-refractivity contribution in [3.8, 4) is 23.0 Å². The molecule has 458 valence electrons. The van der Waals surface area contributed by atoms with Crippen molar-refractivity contribution in [2.24, 2.45) is 11.8 Å². The van der Waals surface area contributed by atoms with Crippen LogP contribution in [0.1, 0.15) is 221 Å². The number of para-hydroxylation sites is 4. The lowest BCUT2D eigenvalue weighted by Crippen LogP contribution is -2.27. The van der Waals surface area contributed by atoms with Crippen molar-refractivity contribution in [1.82, 2.24) is 0 Å². The lowest BCUT2D eigenvalue weighted by Gasteiger charge is -2.29. The minimum Gasteiger partial charge on any atom is -0.459 e.